The molecule has 3 nitrogen and oxygen atoms in total. The van der Waals surface area contributed by atoms with Crippen molar-refractivity contribution in [3.05, 3.63) is 50.1 Å². The molecule has 0 fully saturated rings. The minimum absolute atomic E-state index is 0.299. The monoisotopic (exact) mass is 325 g/mol. The summed E-state index contributed by atoms with van der Waals surface area (Å²) in [6.45, 7) is 2.56. The summed E-state index contributed by atoms with van der Waals surface area (Å²) in [5.74, 6) is -0.914. The zero-order chi connectivity index (χ0) is 13.1. The Labute approximate surface area is 118 Å². The van der Waals surface area contributed by atoms with Gasteiger partial charge in [0.05, 0.1) is 12.1 Å². The molecule has 1 heterocycles. The Balaban J connectivity index is 2.20. The van der Waals surface area contributed by atoms with Gasteiger partial charge in [-0.1, -0.05) is 6.07 Å². The number of rotatable bonds is 4. The Morgan fingerprint density at radius 1 is 1.44 bits per heavy atom. The van der Waals surface area contributed by atoms with Crippen molar-refractivity contribution in [1.29, 1.82) is 0 Å². The largest absolute Gasteiger partial charge is 0.478 e. The van der Waals surface area contributed by atoms with E-state index in [-0.39, 0.29) is 0 Å². The van der Waals surface area contributed by atoms with Gasteiger partial charge in [-0.2, -0.15) is 0 Å². The van der Waals surface area contributed by atoms with E-state index < -0.39 is 5.97 Å². The van der Waals surface area contributed by atoms with Crippen molar-refractivity contribution in [3.8, 4) is 0 Å². The van der Waals surface area contributed by atoms with Crippen LogP contribution in [0.25, 0.3) is 0 Å². The molecule has 0 saturated heterocycles. The number of carbonyl (C=O) groups is 1. The van der Waals surface area contributed by atoms with Gasteiger partial charge >= 0.3 is 5.97 Å². The normalized spacial score (nSPS) is 10.3. The first kappa shape index (κ1) is 13.1. The molecule has 2 aromatic rings. The number of carboxylic acids is 1. The van der Waals surface area contributed by atoms with E-state index in [9.17, 15) is 4.79 Å². The standard InChI is InChI=1S/C13H12BrNO2S/c1-8-2-3-9(13(16)17)11(6-8)15-7-12-10(14)4-5-18-12/h2-6,15H,7H2,1H3,(H,16,17). The first-order valence-electron chi connectivity index (χ1n) is 5.37. The van der Waals surface area contributed by atoms with Crippen molar-refractivity contribution in [1.82, 2.24) is 0 Å². The highest BCUT2D eigenvalue weighted by atomic mass is 79.9. The van der Waals surface area contributed by atoms with Crippen LogP contribution in [0.15, 0.2) is 34.1 Å². The Hall–Kier alpha value is -1.33. The lowest BCUT2D eigenvalue weighted by Crippen LogP contribution is -2.06. The Kier molecular flexibility index (Phi) is 4.04. The molecule has 0 aliphatic rings. The maximum Gasteiger partial charge on any atom is 0.337 e. The third kappa shape index (κ3) is 2.91. The van der Waals surface area contributed by atoms with Gasteiger partial charge in [-0.3, -0.25) is 0 Å². The highest BCUT2D eigenvalue weighted by Crippen LogP contribution is 2.25. The fraction of sp³-hybridized carbons (Fsp3) is 0.154. The average molecular weight is 326 g/mol. The molecule has 0 atom stereocenters. The summed E-state index contributed by atoms with van der Waals surface area (Å²) in [5.41, 5.74) is 1.99. The van der Waals surface area contributed by atoms with Gasteiger partial charge in [-0.25, -0.2) is 4.79 Å². The highest BCUT2D eigenvalue weighted by Gasteiger charge is 2.10. The predicted octanol–water partition coefficient (Wildman–Crippen LogP) is 4.13. The quantitative estimate of drug-likeness (QED) is 0.888. The number of hydrogen-bond acceptors (Lipinski definition) is 3. The summed E-state index contributed by atoms with van der Waals surface area (Å²) in [6.07, 6.45) is 0. The molecular weight excluding hydrogens is 314 g/mol. The van der Waals surface area contributed by atoms with Crippen LogP contribution in [0.5, 0.6) is 0 Å². The van der Waals surface area contributed by atoms with E-state index in [4.69, 9.17) is 5.11 Å². The highest BCUT2D eigenvalue weighted by molar-refractivity contribution is 9.10. The molecule has 0 spiro atoms. The maximum absolute atomic E-state index is 11.1. The van der Waals surface area contributed by atoms with E-state index in [1.54, 1.807) is 23.5 Å². The third-order valence-corrected chi connectivity index (χ3v) is 4.46. The minimum Gasteiger partial charge on any atom is -0.478 e. The molecule has 1 aromatic carbocycles. The minimum atomic E-state index is -0.914. The number of nitrogens with one attached hydrogen (secondary N) is 1. The Bertz CT molecular complexity index is 580. The number of carboxylic acid groups (broad SMARTS) is 1. The summed E-state index contributed by atoms with van der Waals surface area (Å²) in [5, 5.41) is 14.3. The zero-order valence-electron chi connectivity index (χ0n) is 9.74. The molecule has 0 radical (unpaired) electrons. The molecule has 94 valence electrons. The van der Waals surface area contributed by atoms with Crippen LogP contribution < -0.4 is 5.32 Å². The van der Waals surface area contributed by atoms with Crippen molar-refractivity contribution in [3.63, 3.8) is 0 Å². The number of halogens is 1. The zero-order valence-corrected chi connectivity index (χ0v) is 12.1. The van der Waals surface area contributed by atoms with Crippen LogP contribution in [0.2, 0.25) is 0 Å². The number of aryl methyl sites for hydroxylation is 1. The van der Waals surface area contributed by atoms with Gasteiger partial charge in [-0.05, 0) is 52.0 Å². The van der Waals surface area contributed by atoms with Crippen LogP contribution in [0, 0.1) is 6.92 Å². The van der Waals surface area contributed by atoms with Crippen LogP contribution in [0.1, 0.15) is 20.8 Å². The second-order valence-electron chi connectivity index (χ2n) is 3.90. The number of aromatic carboxylic acids is 1. The molecule has 5 heteroatoms. The number of hydrogen-bond donors (Lipinski definition) is 2. The number of thiophene rings is 1. The molecule has 0 aliphatic carbocycles. The van der Waals surface area contributed by atoms with Crippen LogP contribution >= 0.6 is 27.3 Å². The Morgan fingerprint density at radius 3 is 2.83 bits per heavy atom. The lowest BCUT2D eigenvalue weighted by atomic mass is 10.1. The smallest absolute Gasteiger partial charge is 0.337 e. The van der Waals surface area contributed by atoms with Gasteiger partial charge < -0.3 is 10.4 Å². The van der Waals surface area contributed by atoms with E-state index in [0.29, 0.717) is 17.8 Å². The SMILES string of the molecule is Cc1ccc(C(=O)O)c(NCc2sccc2Br)c1. The van der Waals surface area contributed by atoms with E-state index in [1.807, 2.05) is 24.4 Å². The summed E-state index contributed by atoms with van der Waals surface area (Å²) < 4.78 is 1.05. The summed E-state index contributed by atoms with van der Waals surface area (Å²) >= 11 is 5.09. The lowest BCUT2D eigenvalue weighted by molar-refractivity contribution is 0.0698. The van der Waals surface area contributed by atoms with Gasteiger partial charge in [0.1, 0.15) is 0 Å². The van der Waals surface area contributed by atoms with E-state index in [1.165, 1.54) is 0 Å². The van der Waals surface area contributed by atoms with E-state index in [0.717, 1.165) is 14.9 Å². The molecule has 0 aliphatic heterocycles. The van der Waals surface area contributed by atoms with Crippen molar-refractivity contribution >= 4 is 38.9 Å². The third-order valence-electron chi connectivity index (χ3n) is 2.54. The lowest BCUT2D eigenvalue weighted by Gasteiger charge is -2.10. The molecule has 0 bridgehead atoms. The number of benzene rings is 1. The van der Waals surface area contributed by atoms with Crippen molar-refractivity contribution in [2.45, 2.75) is 13.5 Å². The molecular formula is C13H12BrNO2S. The first-order valence-corrected chi connectivity index (χ1v) is 7.05. The van der Waals surface area contributed by atoms with Gasteiger partial charge in [0.2, 0.25) is 0 Å². The maximum atomic E-state index is 11.1. The van der Waals surface area contributed by atoms with Gasteiger partial charge in [-0.15, -0.1) is 11.3 Å². The summed E-state index contributed by atoms with van der Waals surface area (Å²) in [4.78, 5) is 12.3. The van der Waals surface area contributed by atoms with Crippen molar-refractivity contribution in [2.75, 3.05) is 5.32 Å². The second-order valence-corrected chi connectivity index (χ2v) is 5.75. The molecule has 2 rings (SSSR count). The molecule has 0 amide bonds. The van der Waals surface area contributed by atoms with E-state index in [2.05, 4.69) is 21.2 Å². The molecule has 1 aromatic heterocycles. The summed E-state index contributed by atoms with van der Waals surface area (Å²) in [6, 6.07) is 7.26. The predicted molar refractivity (Wildman–Crippen MR) is 77.5 cm³/mol. The Morgan fingerprint density at radius 2 is 2.22 bits per heavy atom. The molecule has 2 N–H and O–H groups in total. The summed E-state index contributed by atoms with van der Waals surface area (Å²) in [7, 11) is 0. The van der Waals surface area contributed by atoms with Crippen LogP contribution in [-0.4, -0.2) is 11.1 Å². The molecule has 0 unspecified atom stereocenters. The van der Waals surface area contributed by atoms with Gasteiger partial charge in [0.25, 0.3) is 0 Å². The van der Waals surface area contributed by atoms with Crippen LogP contribution in [0.4, 0.5) is 5.69 Å². The average Bonchev–Trinajstić information content (AvgIpc) is 2.72. The number of anilines is 1. The van der Waals surface area contributed by atoms with Crippen LogP contribution in [-0.2, 0) is 6.54 Å². The topological polar surface area (TPSA) is 49.3 Å². The van der Waals surface area contributed by atoms with Crippen molar-refractivity contribution < 1.29 is 9.90 Å². The second kappa shape index (κ2) is 5.54. The fourth-order valence-electron chi connectivity index (χ4n) is 1.62. The van der Waals surface area contributed by atoms with Gasteiger partial charge in [0.15, 0.2) is 0 Å². The van der Waals surface area contributed by atoms with E-state index >= 15 is 0 Å². The van der Waals surface area contributed by atoms with Gasteiger partial charge in [0, 0.05) is 15.0 Å². The molecule has 0 saturated carbocycles. The van der Waals surface area contributed by atoms with Crippen LogP contribution in [0.3, 0.4) is 0 Å². The molecule has 18 heavy (non-hydrogen) atoms. The van der Waals surface area contributed by atoms with Crippen molar-refractivity contribution in [2.24, 2.45) is 0 Å². The fourth-order valence-corrected chi connectivity index (χ4v) is 3.05. The first-order chi connectivity index (χ1) is 8.58.